The lowest BCUT2D eigenvalue weighted by Crippen LogP contribution is -2.65. The number of hydrogen-bond acceptors (Lipinski definition) is 3. The fourth-order valence-corrected chi connectivity index (χ4v) is 15.2. The molecule has 7 aromatic carbocycles. The van der Waals surface area contributed by atoms with Crippen LogP contribution < -0.4 is 31.1 Å². The Kier molecular flexibility index (Phi) is 9.07. The van der Waals surface area contributed by atoms with Crippen molar-refractivity contribution in [1.82, 2.24) is 0 Å². The van der Waals surface area contributed by atoms with E-state index in [1.807, 2.05) is 0 Å². The van der Waals surface area contributed by atoms with E-state index in [0.29, 0.717) is 0 Å². The van der Waals surface area contributed by atoms with Gasteiger partial charge in [0.25, 0.3) is 6.71 Å². The van der Waals surface area contributed by atoms with Gasteiger partial charge in [-0.3, -0.25) is 0 Å². The van der Waals surface area contributed by atoms with E-state index >= 15 is 0 Å². The minimum Gasteiger partial charge on any atom is -0.335 e. The summed E-state index contributed by atoms with van der Waals surface area (Å²) in [4.78, 5) is 8.51. The van der Waals surface area contributed by atoms with Crippen molar-refractivity contribution in [3.8, 4) is 11.1 Å². The first-order valence-electron chi connectivity index (χ1n) is 26.3. The van der Waals surface area contributed by atoms with Crippen LogP contribution in [0.5, 0.6) is 0 Å². The number of rotatable bonds is 4. The van der Waals surface area contributed by atoms with Gasteiger partial charge < -0.3 is 14.7 Å². The molecule has 3 nitrogen and oxygen atoms in total. The number of fused-ring (bicyclic) bond motifs is 10. The molecule has 6 aliphatic rings. The molecule has 2 fully saturated rings. The van der Waals surface area contributed by atoms with Crippen LogP contribution in [0.4, 0.5) is 39.8 Å². The van der Waals surface area contributed by atoms with Crippen molar-refractivity contribution in [2.45, 2.75) is 146 Å². The fourth-order valence-electron chi connectivity index (χ4n) is 15.2. The molecule has 4 atom stereocenters. The zero-order valence-corrected chi connectivity index (χ0v) is 42.5. The second-order valence-corrected chi connectivity index (χ2v) is 24.6. The molecule has 4 aliphatic heterocycles. The first-order chi connectivity index (χ1) is 33.1. The maximum atomic E-state index is 2.94. The van der Waals surface area contributed by atoms with Gasteiger partial charge in [0, 0.05) is 50.6 Å². The van der Waals surface area contributed by atoms with Gasteiger partial charge >= 0.3 is 0 Å². The molecule has 4 unspecified atom stereocenters. The van der Waals surface area contributed by atoms with Crippen LogP contribution in [0, 0.1) is 0 Å². The van der Waals surface area contributed by atoms with Gasteiger partial charge in [-0.25, -0.2) is 0 Å². The van der Waals surface area contributed by atoms with Crippen LogP contribution >= 0.6 is 0 Å². The Morgan fingerprint density at radius 2 is 1.12 bits per heavy atom. The topological polar surface area (TPSA) is 9.72 Å². The van der Waals surface area contributed by atoms with E-state index in [1.165, 1.54) is 127 Å². The summed E-state index contributed by atoms with van der Waals surface area (Å²) in [5.74, 6) is 0. The smallest absolute Gasteiger partial charge is 0.252 e. The molecule has 0 bridgehead atoms. The average molecular weight is 902 g/mol. The Morgan fingerprint density at radius 1 is 0.449 bits per heavy atom. The molecule has 0 saturated heterocycles. The maximum Gasteiger partial charge on any atom is 0.252 e. The van der Waals surface area contributed by atoms with Gasteiger partial charge in [-0.2, -0.15) is 0 Å². The molecule has 0 amide bonds. The van der Waals surface area contributed by atoms with E-state index in [1.54, 1.807) is 0 Å². The predicted molar refractivity (Wildman–Crippen MR) is 294 cm³/mol. The molecule has 0 N–H and O–H groups in total. The van der Waals surface area contributed by atoms with E-state index in [0.717, 1.165) is 19.3 Å². The molecule has 13 rings (SSSR count). The number of anilines is 7. The largest absolute Gasteiger partial charge is 0.335 e. The summed E-state index contributed by atoms with van der Waals surface area (Å²) in [6.07, 6.45) is 9.54. The molecule has 4 heteroatoms. The lowest BCUT2D eigenvalue weighted by Gasteiger charge is -2.54. The van der Waals surface area contributed by atoms with Crippen molar-refractivity contribution in [2.24, 2.45) is 0 Å². The molecule has 0 aromatic heterocycles. The van der Waals surface area contributed by atoms with Crippen molar-refractivity contribution < 1.29 is 0 Å². The third-order valence-corrected chi connectivity index (χ3v) is 19.0. The number of benzene rings is 7. The first-order valence-corrected chi connectivity index (χ1v) is 26.3. The average Bonchev–Trinajstić information content (AvgIpc) is 3.72. The molecular formula is C65H68BN3. The highest BCUT2D eigenvalue weighted by Gasteiger charge is 2.65. The van der Waals surface area contributed by atoms with Crippen molar-refractivity contribution in [3.63, 3.8) is 0 Å². The second kappa shape index (κ2) is 14.5. The van der Waals surface area contributed by atoms with E-state index in [4.69, 9.17) is 0 Å². The van der Waals surface area contributed by atoms with Crippen molar-refractivity contribution in [3.05, 3.63) is 179 Å². The molecule has 2 aliphatic carbocycles. The lowest BCUT2D eigenvalue weighted by atomic mass is 9.33. The molecule has 346 valence electrons. The normalized spacial score (nSPS) is 25.1. The summed E-state index contributed by atoms with van der Waals surface area (Å²) in [6, 6.07) is 60.0. The van der Waals surface area contributed by atoms with Crippen LogP contribution in [0.1, 0.15) is 141 Å². The molecule has 0 radical (unpaired) electrons. The summed E-state index contributed by atoms with van der Waals surface area (Å²) in [5.41, 5.74) is 23.0. The Labute approximate surface area is 412 Å². The molecule has 2 saturated carbocycles. The summed E-state index contributed by atoms with van der Waals surface area (Å²) in [7, 11) is 0. The standard InChI is InChI=1S/C65H68BN3/c1-60(2,3)46-26-20-27-48(39-46)67-55-40-47(61(4,5)6)31-32-52(55)66-53-29-21-28-50-59(53)69(64(9)36-18-19-37-65(50,64)45-24-14-11-15-25-45)57-42-49(41-56(67)58(57)66)68-54-33-30-44(43-22-12-10-13-23-43)38-51(54)62(7)34-16-17-35-63(62,68)8/h10-15,20-33,38-42H,16-19,34-37H2,1-9H3. The second-order valence-electron chi connectivity index (χ2n) is 24.6. The van der Waals surface area contributed by atoms with Gasteiger partial charge in [0.15, 0.2) is 0 Å². The van der Waals surface area contributed by atoms with Crippen LogP contribution in [-0.2, 0) is 21.7 Å². The minimum atomic E-state index is -0.188. The lowest BCUT2D eigenvalue weighted by molar-refractivity contribution is 0.195. The van der Waals surface area contributed by atoms with Crippen molar-refractivity contribution >= 4 is 62.9 Å². The quantitative estimate of drug-likeness (QED) is 0.163. The molecular weight excluding hydrogens is 834 g/mol. The Hall–Kier alpha value is -6.00. The molecule has 0 spiro atoms. The van der Waals surface area contributed by atoms with Gasteiger partial charge in [-0.1, -0.05) is 183 Å². The fraction of sp³-hybridized carbons (Fsp3) is 0.354. The molecule has 7 aromatic rings. The number of para-hydroxylation sites is 1. The number of nitrogens with zero attached hydrogens (tertiary/aromatic N) is 3. The zero-order chi connectivity index (χ0) is 47.5. The zero-order valence-electron chi connectivity index (χ0n) is 42.5. The SMILES string of the molecule is CC(C)(C)c1cccc(N2c3cc(C(C)(C)C)ccc3B3c4cccc5c4N(c4cc(N6c7ccc(-c8ccccc8)cc7C7(C)CCCCC67C)cc2c43)C2(C)CCCCC52c2ccccc2)c1. The van der Waals surface area contributed by atoms with Gasteiger partial charge in [0.1, 0.15) is 0 Å². The molecule has 69 heavy (non-hydrogen) atoms. The Balaban J connectivity index is 1.15. The highest BCUT2D eigenvalue weighted by Crippen LogP contribution is 2.66. The third kappa shape index (κ3) is 5.69. The predicted octanol–water partition coefficient (Wildman–Crippen LogP) is 15.1. The summed E-state index contributed by atoms with van der Waals surface area (Å²) in [6.45, 7) is 22.1. The van der Waals surface area contributed by atoms with Crippen LogP contribution in [0.2, 0.25) is 0 Å². The first kappa shape index (κ1) is 43.1. The van der Waals surface area contributed by atoms with E-state index < -0.39 is 0 Å². The van der Waals surface area contributed by atoms with Crippen molar-refractivity contribution in [1.29, 1.82) is 0 Å². The minimum absolute atomic E-state index is 0.00910. The monoisotopic (exact) mass is 902 g/mol. The Morgan fingerprint density at radius 3 is 1.87 bits per heavy atom. The van der Waals surface area contributed by atoms with Crippen LogP contribution in [0.3, 0.4) is 0 Å². The van der Waals surface area contributed by atoms with Gasteiger partial charge in [0.2, 0.25) is 0 Å². The van der Waals surface area contributed by atoms with Crippen LogP contribution in [0.25, 0.3) is 11.1 Å². The summed E-state index contributed by atoms with van der Waals surface area (Å²) in [5, 5.41) is 0. The van der Waals surface area contributed by atoms with Gasteiger partial charge in [-0.05, 0) is 148 Å². The van der Waals surface area contributed by atoms with E-state index in [9.17, 15) is 0 Å². The van der Waals surface area contributed by atoms with E-state index in [2.05, 4.69) is 229 Å². The highest BCUT2D eigenvalue weighted by molar-refractivity contribution is 7.00. The van der Waals surface area contributed by atoms with Gasteiger partial charge in [-0.15, -0.1) is 0 Å². The molecule has 4 heterocycles. The summed E-state index contributed by atoms with van der Waals surface area (Å²) >= 11 is 0. The van der Waals surface area contributed by atoms with Crippen molar-refractivity contribution in [2.75, 3.05) is 14.7 Å². The van der Waals surface area contributed by atoms with E-state index in [-0.39, 0.29) is 39.5 Å². The van der Waals surface area contributed by atoms with Gasteiger partial charge in [0.05, 0.1) is 11.1 Å². The highest BCUT2D eigenvalue weighted by atomic mass is 15.3. The Bertz CT molecular complexity index is 3230. The van der Waals surface area contributed by atoms with Crippen LogP contribution in [0.15, 0.2) is 152 Å². The summed E-state index contributed by atoms with van der Waals surface area (Å²) < 4.78 is 0. The maximum absolute atomic E-state index is 2.94. The third-order valence-electron chi connectivity index (χ3n) is 19.0. The van der Waals surface area contributed by atoms with Crippen LogP contribution in [-0.4, -0.2) is 17.8 Å². The number of hydrogen-bond donors (Lipinski definition) is 0.